The third kappa shape index (κ3) is 6.81. The molecule has 42 heavy (non-hydrogen) atoms. The number of aromatic nitrogens is 3. The highest BCUT2D eigenvalue weighted by Crippen LogP contribution is 2.41. The number of alkyl halides is 1. The number of unbranched alkanes of at least 4 members (excludes halogenated alkanes) is 1. The van der Waals surface area contributed by atoms with E-state index in [0.29, 0.717) is 22.6 Å². The van der Waals surface area contributed by atoms with Crippen molar-refractivity contribution in [1.82, 2.24) is 19.3 Å². The first-order valence-corrected chi connectivity index (χ1v) is 16.0. The lowest BCUT2D eigenvalue weighted by Gasteiger charge is -2.26. The van der Waals surface area contributed by atoms with Crippen LogP contribution in [0, 0.1) is 6.92 Å². The minimum absolute atomic E-state index is 0.0240. The Balaban J connectivity index is 1.82. The van der Waals surface area contributed by atoms with Gasteiger partial charge in [-0.05, 0) is 61.6 Å². The molecule has 0 amide bonds. The number of halogens is 1. The minimum atomic E-state index is -4.24. The summed E-state index contributed by atoms with van der Waals surface area (Å²) in [6.45, 7) is 4.44. The molecule has 0 bridgehead atoms. The summed E-state index contributed by atoms with van der Waals surface area (Å²) in [6.07, 6.45) is 3.25. The molecule has 1 N–H and O–H groups in total. The number of carbonyl (C=O) groups is 1. The minimum Gasteiger partial charge on any atom is -0.493 e. The van der Waals surface area contributed by atoms with E-state index in [1.807, 2.05) is 23.7 Å². The van der Waals surface area contributed by atoms with Crippen LogP contribution in [0.5, 0.6) is 11.5 Å². The maximum atomic E-state index is 12.9. The normalized spacial score (nSPS) is 15.6. The summed E-state index contributed by atoms with van der Waals surface area (Å²) in [5.41, 5.74) is 4.54. The quantitative estimate of drug-likeness (QED) is 0.157. The highest BCUT2D eigenvalue weighted by atomic mass is 79.9. The van der Waals surface area contributed by atoms with Crippen molar-refractivity contribution >= 4 is 43.2 Å². The van der Waals surface area contributed by atoms with Crippen molar-refractivity contribution in [3.05, 3.63) is 58.5 Å². The van der Waals surface area contributed by atoms with Gasteiger partial charge in [0.15, 0.2) is 11.5 Å². The number of carbonyl (C=O) groups excluding carboxylic acids is 1. The van der Waals surface area contributed by atoms with Crippen molar-refractivity contribution in [3.63, 3.8) is 0 Å². The fraction of sp³-hybridized carbons (Fsp3) is 0.464. The predicted octanol–water partition coefficient (Wildman–Crippen LogP) is 4.49. The first-order chi connectivity index (χ1) is 20.1. The number of hydrogen-bond acceptors (Lipinski definition) is 10. The zero-order valence-corrected chi connectivity index (χ0v) is 26.4. The largest absolute Gasteiger partial charge is 0.493 e. The van der Waals surface area contributed by atoms with Crippen LogP contribution in [0.25, 0.3) is 11.0 Å². The van der Waals surface area contributed by atoms with E-state index in [1.54, 1.807) is 19.1 Å². The molecule has 0 aliphatic carbocycles. The summed E-state index contributed by atoms with van der Waals surface area (Å²) in [6, 6.07) is 7.50. The van der Waals surface area contributed by atoms with Gasteiger partial charge >= 0.3 is 16.3 Å². The van der Waals surface area contributed by atoms with Gasteiger partial charge in [0.05, 0.1) is 32.8 Å². The van der Waals surface area contributed by atoms with Gasteiger partial charge in [-0.1, -0.05) is 27.2 Å². The summed E-state index contributed by atoms with van der Waals surface area (Å²) in [7, 11) is -1.29. The van der Waals surface area contributed by atoms with Crippen molar-refractivity contribution in [3.8, 4) is 11.5 Å². The first kappa shape index (κ1) is 31.6. The van der Waals surface area contributed by atoms with Crippen LogP contribution in [0.2, 0.25) is 0 Å². The number of benzene rings is 2. The van der Waals surface area contributed by atoms with E-state index >= 15 is 0 Å². The molecule has 1 aromatic heterocycles. The molecular weight excluding hydrogens is 632 g/mol. The lowest BCUT2D eigenvalue weighted by molar-refractivity contribution is -0.143. The topological polar surface area (TPSA) is 142 Å². The number of methoxy groups -OCH3 is 2. The Morgan fingerprint density at radius 1 is 1.21 bits per heavy atom. The Morgan fingerprint density at radius 2 is 2.00 bits per heavy atom. The maximum Gasteiger partial charge on any atom is 0.388 e. The number of esters is 1. The second-order valence-electron chi connectivity index (χ2n) is 9.71. The van der Waals surface area contributed by atoms with Crippen molar-refractivity contribution in [2.45, 2.75) is 52.1 Å². The van der Waals surface area contributed by atoms with Crippen LogP contribution in [0.4, 0.5) is 0 Å². The highest BCUT2D eigenvalue weighted by Gasteiger charge is 2.31. The van der Waals surface area contributed by atoms with Crippen LogP contribution < -0.4 is 9.47 Å². The van der Waals surface area contributed by atoms with Gasteiger partial charge in [-0.15, -0.1) is 5.10 Å². The molecule has 12 nitrogen and oxygen atoms in total. The van der Waals surface area contributed by atoms with Gasteiger partial charge in [-0.25, -0.2) is 4.68 Å². The number of aryl methyl sites for hydroxylation is 2. The third-order valence-corrected chi connectivity index (χ3v) is 8.94. The summed E-state index contributed by atoms with van der Waals surface area (Å²) in [4.78, 5) is 12.9. The summed E-state index contributed by atoms with van der Waals surface area (Å²) >= 11 is 3.46. The lowest BCUT2D eigenvalue weighted by Crippen LogP contribution is -2.35. The van der Waals surface area contributed by atoms with Gasteiger partial charge in [0.1, 0.15) is 5.52 Å². The van der Waals surface area contributed by atoms with Crippen LogP contribution in [-0.4, -0.2) is 71.5 Å². The van der Waals surface area contributed by atoms with Crippen molar-refractivity contribution in [2.24, 2.45) is 0 Å². The standard InChI is InChI=1S/C28H35BrN4O8S/c1-5-40-26(35)16-22(21-8-9-23-27(18(21)2)30-31-33(23)12-7-6-11-29)19-14-20(28(39-4)24(15-19)38-3)17-32-13-10-25(34)41-42(32,36)37/h8-10,14-15,22,34H,5-7,11-13,16-17H2,1-4H3. The molecule has 228 valence electrons. The SMILES string of the molecule is CCOC(=O)CC(c1cc(CN2CC=C(O)OS2(=O)=O)c(OC)c(OC)c1)c1ccc2c(nnn2CCCCBr)c1C. The average Bonchev–Trinajstić information content (AvgIpc) is 3.37. The molecule has 0 saturated heterocycles. The van der Waals surface area contributed by atoms with E-state index in [0.717, 1.165) is 51.2 Å². The molecule has 4 rings (SSSR count). The Bertz CT molecular complexity index is 1570. The Kier molecular flexibility index (Phi) is 10.3. The summed E-state index contributed by atoms with van der Waals surface area (Å²) in [5, 5.41) is 19.3. The Hall–Kier alpha value is -3.36. The zero-order chi connectivity index (χ0) is 30.4. The third-order valence-electron chi connectivity index (χ3n) is 7.09. The molecule has 1 atom stereocenters. The van der Waals surface area contributed by atoms with Crippen LogP contribution in [0.15, 0.2) is 36.3 Å². The molecule has 2 aromatic carbocycles. The Morgan fingerprint density at radius 3 is 2.67 bits per heavy atom. The van der Waals surface area contributed by atoms with Gasteiger partial charge < -0.3 is 23.5 Å². The number of rotatable bonds is 13. The number of fused-ring (bicyclic) bond motifs is 1. The second kappa shape index (κ2) is 13.7. The molecule has 0 saturated carbocycles. The van der Waals surface area contributed by atoms with Crippen LogP contribution in [0.3, 0.4) is 0 Å². The van der Waals surface area contributed by atoms with Crippen molar-refractivity contribution in [1.29, 1.82) is 0 Å². The molecule has 2 heterocycles. The fourth-order valence-corrected chi connectivity index (χ4v) is 6.40. The fourth-order valence-electron chi connectivity index (χ4n) is 5.06. The lowest BCUT2D eigenvalue weighted by atomic mass is 9.84. The van der Waals surface area contributed by atoms with Crippen molar-refractivity contribution in [2.75, 3.05) is 32.7 Å². The molecule has 1 aliphatic rings. The average molecular weight is 668 g/mol. The molecule has 0 radical (unpaired) electrons. The van der Waals surface area contributed by atoms with Gasteiger partial charge in [0, 0.05) is 42.5 Å². The first-order valence-electron chi connectivity index (χ1n) is 13.5. The number of aliphatic hydroxyl groups is 1. The molecule has 0 spiro atoms. The number of nitrogens with zero attached hydrogens (tertiary/aromatic N) is 4. The smallest absolute Gasteiger partial charge is 0.388 e. The van der Waals surface area contributed by atoms with Crippen LogP contribution in [-0.2, 0) is 37.1 Å². The van der Waals surface area contributed by atoms with Gasteiger partial charge in [-0.2, -0.15) is 12.7 Å². The van der Waals surface area contributed by atoms with Gasteiger partial charge in [-0.3, -0.25) is 4.79 Å². The molecule has 0 fully saturated rings. The van der Waals surface area contributed by atoms with E-state index in [4.69, 9.17) is 14.2 Å². The number of aliphatic hydroxyl groups excluding tert-OH is 1. The van der Waals surface area contributed by atoms with E-state index in [-0.39, 0.29) is 32.1 Å². The van der Waals surface area contributed by atoms with E-state index in [2.05, 4.69) is 30.4 Å². The summed E-state index contributed by atoms with van der Waals surface area (Å²) in [5.74, 6) is -0.842. The van der Waals surface area contributed by atoms with E-state index < -0.39 is 22.2 Å². The monoisotopic (exact) mass is 666 g/mol. The summed E-state index contributed by atoms with van der Waals surface area (Å²) < 4.78 is 49.4. The predicted molar refractivity (Wildman–Crippen MR) is 159 cm³/mol. The van der Waals surface area contributed by atoms with Crippen LogP contribution >= 0.6 is 15.9 Å². The van der Waals surface area contributed by atoms with E-state index in [1.165, 1.54) is 20.3 Å². The zero-order valence-electron chi connectivity index (χ0n) is 24.0. The van der Waals surface area contributed by atoms with Crippen molar-refractivity contribution < 1.29 is 36.7 Å². The highest BCUT2D eigenvalue weighted by molar-refractivity contribution is 9.09. The molecule has 1 aliphatic heterocycles. The van der Waals surface area contributed by atoms with E-state index in [9.17, 15) is 18.3 Å². The second-order valence-corrected chi connectivity index (χ2v) is 12.0. The van der Waals surface area contributed by atoms with Gasteiger partial charge in [0.25, 0.3) is 5.95 Å². The molecule has 14 heteroatoms. The number of hydrogen-bond donors (Lipinski definition) is 1. The van der Waals surface area contributed by atoms with Gasteiger partial charge in [0.2, 0.25) is 0 Å². The molecular formula is C28H35BrN4O8S. The molecule has 3 aromatic rings. The molecule has 1 unspecified atom stereocenters. The Labute approximate surface area is 253 Å². The maximum absolute atomic E-state index is 12.9. The van der Waals surface area contributed by atoms with Crippen LogP contribution in [0.1, 0.15) is 54.4 Å². The number of ether oxygens (including phenoxy) is 3.